The molecule has 0 saturated carbocycles. The van der Waals surface area contributed by atoms with Gasteiger partial charge in [0.15, 0.2) is 0 Å². The van der Waals surface area contributed by atoms with Gasteiger partial charge in [0.25, 0.3) is 0 Å². The molecule has 0 amide bonds. The van der Waals surface area contributed by atoms with Crippen LogP contribution in [0, 0.1) is 13.8 Å². The first kappa shape index (κ1) is 14.6. The number of rotatable bonds is 6. The highest BCUT2D eigenvalue weighted by Crippen LogP contribution is 2.21. The Balaban J connectivity index is 2.66. The first-order chi connectivity index (χ1) is 7.97. The standard InChI is InChI=1S/C13H25N3S/c1-9(7-8-17-6)14-10(2)13-11(3)15-16(5)12(13)4/h9-10,14H,7-8H2,1-6H3. The van der Waals surface area contributed by atoms with Gasteiger partial charge >= 0.3 is 0 Å². The van der Waals surface area contributed by atoms with Gasteiger partial charge < -0.3 is 5.32 Å². The smallest absolute Gasteiger partial charge is 0.0644 e. The quantitative estimate of drug-likeness (QED) is 0.847. The Morgan fingerprint density at radius 3 is 2.47 bits per heavy atom. The monoisotopic (exact) mass is 255 g/mol. The Hall–Kier alpha value is -0.480. The number of hydrogen-bond acceptors (Lipinski definition) is 3. The maximum atomic E-state index is 4.47. The van der Waals surface area contributed by atoms with E-state index in [1.165, 1.54) is 23.4 Å². The topological polar surface area (TPSA) is 29.9 Å². The average molecular weight is 255 g/mol. The lowest BCUT2D eigenvalue weighted by Crippen LogP contribution is -2.30. The number of hydrogen-bond donors (Lipinski definition) is 1. The van der Waals surface area contributed by atoms with Crippen LogP contribution in [0.25, 0.3) is 0 Å². The Morgan fingerprint density at radius 1 is 1.35 bits per heavy atom. The van der Waals surface area contributed by atoms with Crippen molar-refractivity contribution in [3.63, 3.8) is 0 Å². The van der Waals surface area contributed by atoms with Gasteiger partial charge in [0.1, 0.15) is 0 Å². The van der Waals surface area contributed by atoms with Gasteiger partial charge in [-0.15, -0.1) is 0 Å². The Morgan fingerprint density at radius 2 is 2.00 bits per heavy atom. The minimum atomic E-state index is 0.376. The Bertz CT molecular complexity index is 360. The summed E-state index contributed by atoms with van der Waals surface area (Å²) in [6.45, 7) is 8.72. The molecule has 0 aliphatic carbocycles. The summed E-state index contributed by atoms with van der Waals surface area (Å²) in [7, 11) is 2.01. The van der Waals surface area contributed by atoms with Crippen LogP contribution in [-0.2, 0) is 7.05 Å². The van der Waals surface area contributed by atoms with E-state index in [2.05, 4.69) is 44.4 Å². The van der Waals surface area contributed by atoms with Crippen molar-refractivity contribution in [1.29, 1.82) is 0 Å². The van der Waals surface area contributed by atoms with E-state index in [0.717, 1.165) is 5.69 Å². The summed E-state index contributed by atoms with van der Waals surface area (Å²) in [5, 5.41) is 8.13. The molecule has 3 nitrogen and oxygen atoms in total. The molecule has 1 aromatic heterocycles. The molecule has 0 aliphatic heterocycles. The van der Waals surface area contributed by atoms with Crippen LogP contribution in [0.3, 0.4) is 0 Å². The van der Waals surface area contributed by atoms with E-state index in [1.54, 1.807) is 0 Å². The molecule has 2 unspecified atom stereocenters. The molecule has 0 saturated heterocycles. The fourth-order valence-corrected chi connectivity index (χ4v) is 2.89. The summed E-state index contributed by atoms with van der Waals surface area (Å²) in [5.41, 5.74) is 3.75. The normalized spacial score (nSPS) is 14.9. The summed E-state index contributed by atoms with van der Waals surface area (Å²) >= 11 is 1.91. The lowest BCUT2D eigenvalue weighted by atomic mass is 10.1. The lowest BCUT2D eigenvalue weighted by Gasteiger charge is -2.20. The van der Waals surface area contributed by atoms with E-state index in [4.69, 9.17) is 0 Å². The molecule has 0 radical (unpaired) electrons. The molecule has 0 bridgehead atoms. The highest BCUT2D eigenvalue weighted by Gasteiger charge is 2.17. The highest BCUT2D eigenvalue weighted by atomic mass is 32.2. The number of nitrogens with zero attached hydrogens (tertiary/aromatic N) is 2. The average Bonchev–Trinajstić information content (AvgIpc) is 2.50. The predicted molar refractivity (Wildman–Crippen MR) is 76.7 cm³/mol. The second-order valence-electron chi connectivity index (χ2n) is 4.78. The molecule has 1 heterocycles. The van der Waals surface area contributed by atoms with E-state index < -0.39 is 0 Å². The van der Waals surface area contributed by atoms with Gasteiger partial charge in [-0.25, -0.2) is 0 Å². The first-order valence-corrected chi connectivity index (χ1v) is 7.61. The first-order valence-electron chi connectivity index (χ1n) is 6.22. The zero-order chi connectivity index (χ0) is 13.0. The Kier molecular flexibility index (Phi) is 5.53. The van der Waals surface area contributed by atoms with Gasteiger partial charge in [0.05, 0.1) is 5.69 Å². The predicted octanol–water partition coefficient (Wildman–Crippen LogP) is 2.83. The zero-order valence-electron chi connectivity index (χ0n) is 11.9. The third-order valence-electron chi connectivity index (χ3n) is 3.29. The van der Waals surface area contributed by atoms with Gasteiger partial charge in [-0.1, -0.05) is 0 Å². The second kappa shape index (κ2) is 6.45. The van der Waals surface area contributed by atoms with Crippen LogP contribution in [-0.4, -0.2) is 27.8 Å². The van der Waals surface area contributed by atoms with Crippen LogP contribution in [0.5, 0.6) is 0 Å². The molecule has 0 fully saturated rings. The molecular formula is C13H25N3S. The van der Waals surface area contributed by atoms with Crippen molar-refractivity contribution in [2.24, 2.45) is 7.05 Å². The summed E-state index contributed by atoms with van der Waals surface area (Å²) in [4.78, 5) is 0. The summed E-state index contributed by atoms with van der Waals surface area (Å²) in [5.74, 6) is 1.21. The molecule has 4 heteroatoms. The van der Waals surface area contributed by atoms with E-state index in [9.17, 15) is 0 Å². The molecule has 0 aromatic carbocycles. The van der Waals surface area contributed by atoms with Gasteiger partial charge in [-0.05, 0) is 46.1 Å². The molecule has 17 heavy (non-hydrogen) atoms. The van der Waals surface area contributed by atoms with Crippen molar-refractivity contribution in [1.82, 2.24) is 15.1 Å². The minimum absolute atomic E-state index is 0.376. The molecular weight excluding hydrogens is 230 g/mol. The van der Waals surface area contributed by atoms with Gasteiger partial charge in [0.2, 0.25) is 0 Å². The SMILES string of the molecule is CSCCC(C)NC(C)c1c(C)nn(C)c1C. The zero-order valence-corrected chi connectivity index (χ0v) is 12.7. The van der Waals surface area contributed by atoms with Crippen molar-refractivity contribution in [3.05, 3.63) is 17.0 Å². The third-order valence-corrected chi connectivity index (χ3v) is 3.93. The number of aromatic nitrogens is 2. The lowest BCUT2D eigenvalue weighted by molar-refractivity contribution is 0.469. The molecule has 98 valence electrons. The summed E-state index contributed by atoms with van der Waals surface area (Å²) < 4.78 is 1.97. The van der Waals surface area contributed by atoms with Crippen LogP contribution in [0.1, 0.15) is 43.3 Å². The number of thioether (sulfide) groups is 1. The van der Waals surface area contributed by atoms with Crippen molar-refractivity contribution in [3.8, 4) is 0 Å². The third kappa shape index (κ3) is 3.75. The van der Waals surface area contributed by atoms with E-state index in [0.29, 0.717) is 12.1 Å². The van der Waals surface area contributed by atoms with E-state index in [1.807, 2.05) is 23.5 Å². The van der Waals surface area contributed by atoms with Crippen molar-refractivity contribution < 1.29 is 0 Å². The minimum Gasteiger partial charge on any atom is -0.308 e. The maximum absolute atomic E-state index is 4.47. The molecule has 0 spiro atoms. The number of nitrogens with one attached hydrogen (secondary N) is 1. The molecule has 0 aliphatic rings. The Labute approximate surface area is 109 Å². The van der Waals surface area contributed by atoms with Crippen molar-refractivity contribution in [2.45, 2.75) is 46.2 Å². The fraction of sp³-hybridized carbons (Fsp3) is 0.769. The number of aryl methyl sites for hydroxylation is 2. The summed E-state index contributed by atoms with van der Waals surface area (Å²) in [6.07, 6.45) is 3.37. The molecule has 1 aromatic rings. The highest BCUT2D eigenvalue weighted by molar-refractivity contribution is 7.98. The maximum Gasteiger partial charge on any atom is 0.0644 e. The van der Waals surface area contributed by atoms with Gasteiger partial charge in [-0.3, -0.25) is 4.68 Å². The van der Waals surface area contributed by atoms with Crippen molar-refractivity contribution in [2.75, 3.05) is 12.0 Å². The van der Waals surface area contributed by atoms with Gasteiger partial charge in [0, 0.05) is 30.4 Å². The van der Waals surface area contributed by atoms with Crippen LogP contribution in [0.15, 0.2) is 0 Å². The molecule has 1 N–H and O–H groups in total. The molecule has 1 rings (SSSR count). The van der Waals surface area contributed by atoms with Crippen LogP contribution in [0.4, 0.5) is 0 Å². The van der Waals surface area contributed by atoms with Crippen LogP contribution in [0.2, 0.25) is 0 Å². The fourth-order valence-electron chi connectivity index (χ4n) is 2.30. The van der Waals surface area contributed by atoms with Gasteiger partial charge in [-0.2, -0.15) is 16.9 Å². The van der Waals surface area contributed by atoms with E-state index in [-0.39, 0.29) is 0 Å². The van der Waals surface area contributed by atoms with Crippen LogP contribution >= 0.6 is 11.8 Å². The molecule has 2 atom stereocenters. The largest absolute Gasteiger partial charge is 0.308 e. The van der Waals surface area contributed by atoms with Crippen LogP contribution < -0.4 is 5.32 Å². The van der Waals surface area contributed by atoms with E-state index >= 15 is 0 Å². The second-order valence-corrected chi connectivity index (χ2v) is 5.76. The van der Waals surface area contributed by atoms with Crippen molar-refractivity contribution >= 4 is 11.8 Å². The summed E-state index contributed by atoms with van der Waals surface area (Å²) in [6, 6.07) is 0.928.